The standard InChI is InChI=1S/C20H28N2O7S2/c1-3-21(16-10-12-30(25,26)14-16)19(23)13-29-20(24)18-5-4-11-22(18)31(27,28)17-8-6-15(2)7-9-17/h6-9,16,18H,3-5,10-14H2,1-2H3/t16?,18-/m0/s1. The molecular formula is C20H28N2O7S2. The van der Waals surface area contributed by atoms with E-state index < -0.39 is 50.4 Å². The summed E-state index contributed by atoms with van der Waals surface area (Å²) >= 11 is 0. The number of hydrogen-bond donors (Lipinski definition) is 0. The molecule has 1 amide bonds. The Morgan fingerprint density at radius 3 is 2.45 bits per heavy atom. The van der Waals surface area contributed by atoms with Crippen LogP contribution in [0.1, 0.15) is 31.7 Å². The van der Waals surface area contributed by atoms with Crippen LogP contribution in [0.3, 0.4) is 0 Å². The van der Waals surface area contributed by atoms with Gasteiger partial charge >= 0.3 is 5.97 Å². The third kappa shape index (κ3) is 5.27. The van der Waals surface area contributed by atoms with Crippen molar-refractivity contribution in [2.45, 2.75) is 50.1 Å². The minimum absolute atomic E-state index is 0.0368. The van der Waals surface area contributed by atoms with Gasteiger partial charge in [0.05, 0.1) is 16.4 Å². The van der Waals surface area contributed by atoms with E-state index in [-0.39, 0.29) is 22.9 Å². The summed E-state index contributed by atoms with van der Waals surface area (Å²) < 4.78 is 55.7. The van der Waals surface area contributed by atoms with Crippen molar-refractivity contribution in [2.24, 2.45) is 0 Å². The van der Waals surface area contributed by atoms with Crippen LogP contribution in [0.2, 0.25) is 0 Å². The second-order valence-electron chi connectivity index (χ2n) is 7.93. The molecule has 1 aromatic rings. The maximum absolute atomic E-state index is 13.0. The molecule has 1 unspecified atom stereocenters. The van der Waals surface area contributed by atoms with E-state index in [1.165, 1.54) is 17.0 Å². The minimum Gasteiger partial charge on any atom is -0.454 e. The largest absolute Gasteiger partial charge is 0.454 e. The summed E-state index contributed by atoms with van der Waals surface area (Å²) in [7, 11) is -7.02. The second-order valence-corrected chi connectivity index (χ2v) is 12.1. The van der Waals surface area contributed by atoms with Gasteiger partial charge in [-0.25, -0.2) is 16.8 Å². The molecule has 0 radical (unpaired) electrons. The summed E-state index contributed by atoms with van der Waals surface area (Å²) in [6, 6.07) is 4.98. The number of carbonyl (C=O) groups excluding carboxylic acids is 2. The van der Waals surface area contributed by atoms with Gasteiger partial charge in [-0.05, 0) is 45.2 Å². The zero-order valence-electron chi connectivity index (χ0n) is 17.7. The Kier molecular flexibility index (Phi) is 7.07. The lowest BCUT2D eigenvalue weighted by molar-refractivity contribution is -0.155. The van der Waals surface area contributed by atoms with Crippen molar-refractivity contribution in [1.82, 2.24) is 9.21 Å². The van der Waals surface area contributed by atoms with Crippen molar-refractivity contribution < 1.29 is 31.2 Å². The lowest BCUT2D eigenvalue weighted by Crippen LogP contribution is -2.45. The number of ether oxygens (including phenoxy) is 1. The van der Waals surface area contributed by atoms with E-state index in [4.69, 9.17) is 4.74 Å². The smallest absolute Gasteiger partial charge is 0.324 e. The van der Waals surface area contributed by atoms with Crippen LogP contribution in [0.4, 0.5) is 0 Å². The first-order valence-electron chi connectivity index (χ1n) is 10.3. The molecule has 0 bridgehead atoms. The minimum atomic E-state index is -3.86. The van der Waals surface area contributed by atoms with Crippen LogP contribution >= 0.6 is 0 Å². The van der Waals surface area contributed by atoms with Gasteiger partial charge in [0.2, 0.25) is 10.0 Å². The summed E-state index contributed by atoms with van der Waals surface area (Å²) in [4.78, 5) is 26.7. The van der Waals surface area contributed by atoms with Gasteiger partial charge in [-0.2, -0.15) is 4.31 Å². The highest BCUT2D eigenvalue weighted by molar-refractivity contribution is 7.91. The van der Waals surface area contributed by atoms with Gasteiger partial charge in [0.15, 0.2) is 16.4 Å². The molecule has 1 aromatic carbocycles. The summed E-state index contributed by atoms with van der Waals surface area (Å²) in [5, 5.41) is 0. The predicted molar refractivity (Wildman–Crippen MR) is 113 cm³/mol. The van der Waals surface area contributed by atoms with Crippen LogP contribution in [0.25, 0.3) is 0 Å². The summed E-state index contributed by atoms with van der Waals surface area (Å²) in [5.74, 6) is -1.30. The zero-order chi connectivity index (χ0) is 22.8. The van der Waals surface area contributed by atoms with Crippen molar-refractivity contribution in [2.75, 3.05) is 31.2 Å². The van der Waals surface area contributed by atoms with Crippen LogP contribution in [-0.2, 0) is 34.2 Å². The van der Waals surface area contributed by atoms with Crippen LogP contribution in [0.5, 0.6) is 0 Å². The van der Waals surface area contributed by atoms with Crippen LogP contribution in [0, 0.1) is 6.92 Å². The van der Waals surface area contributed by atoms with Gasteiger partial charge in [-0.15, -0.1) is 0 Å². The number of rotatable bonds is 7. The molecule has 0 aromatic heterocycles. The van der Waals surface area contributed by atoms with E-state index in [0.29, 0.717) is 25.8 Å². The Balaban J connectivity index is 1.64. The first-order chi connectivity index (χ1) is 14.5. The lowest BCUT2D eigenvalue weighted by atomic mass is 10.2. The number of benzene rings is 1. The number of sulfonamides is 1. The third-order valence-electron chi connectivity index (χ3n) is 5.75. The van der Waals surface area contributed by atoms with Gasteiger partial charge in [0, 0.05) is 19.1 Å². The SMILES string of the molecule is CCN(C(=O)COC(=O)[C@@H]1CCCN1S(=O)(=O)c1ccc(C)cc1)C1CCS(=O)(=O)C1. The van der Waals surface area contributed by atoms with Gasteiger partial charge in [0.1, 0.15) is 6.04 Å². The van der Waals surface area contributed by atoms with Gasteiger partial charge in [0.25, 0.3) is 5.91 Å². The lowest BCUT2D eigenvalue weighted by Gasteiger charge is -2.27. The molecule has 0 saturated carbocycles. The highest BCUT2D eigenvalue weighted by Crippen LogP contribution is 2.27. The van der Waals surface area contributed by atoms with Crippen molar-refractivity contribution >= 4 is 31.7 Å². The topological polar surface area (TPSA) is 118 Å². The first kappa shape index (κ1) is 23.7. The van der Waals surface area contributed by atoms with E-state index in [1.54, 1.807) is 19.1 Å². The molecule has 0 spiro atoms. The van der Waals surface area contributed by atoms with Crippen molar-refractivity contribution in [3.8, 4) is 0 Å². The summed E-state index contributed by atoms with van der Waals surface area (Å²) in [6.45, 7) is 3.54. The number of carbonyl (C=O) groups is 2. The van der Waals surface area contributed by atoms with Gasteiger partial charge < -0.3 is 9.64 Å². The maximum Gasteiger partial charge on any atom is 0.324 e. The number of aryl methyl sites for hydroxylation is 1. The van der Waals surface area contributed by atoms with Crippen molar-refractivity contribution in [1.29, 1.82) is 0 Å². The Labute approximate surface area is 183 Å². The maximum atomic E-state index is 13.0. The Bertz CT molecular complexity index is 1040. The summed E-state index contributed by atoms with van der Waals surface area (Å²) in [5.41, 5.74) is 0.922. The fraction of sp³-hybridized carbons (Fsp3) is 0.600. The van der Waals surface area contributed by atoms with Crippen LogP contribution in [0.15, 0.2) is 29.2 Å². The summed E-state index contributed by atoms with van der Waals surface area (Å²) in [6.07, 6.45) is 1.19. The molecule has 2 aliphatic rings. The molecule has 9 nitrogen and oxygen atoms in total. The molecule has 31 heavy (non-hydrogen) atoms. The van der Waals surface area contributed by atoms with Crippen molar-refractivity contribution in [3.05, 3.63) is 29.8 Å². The number of amides is 1. The molecule has 172 valence electrons. The highest BCUT2D eigenvalue weighted by Gasteiger charge is 2.41. The molecule has 11 heteroatoms. The molecule has 2 fully saturated rings. The van der Waals surface area contributed by atoms with Gasteiger partial charge in [-0.3, -0.25) is 9.59 Å². The van der Waals surface area contributed by atoms with Crippen molar-refractivity contribution in [3.63, 3.8) is 0 Å². The fourth-order valence-corrected chi connectivity index (χ4v) is 7.46. The van der Waals surface area contributed by atoms with E-state index in [9.17, 15) is 26.4 Å². The number of sulfone groups is 1. The van der Waals surface area contributed by atoms with E-state index in [0.717, 1.165) is 9.87 Å². The molecule has 2 aliphatic heterocycles. The molecule has 2 atom stereocenters. The zero-order valence-corrected chi connectivity index (χ0v) is 19.3. The van der Waals surface area contributed by atoms with E-state index in [2.05, 4.69) is 0 Å². The van der Waals surface area contributed by atoms with Gasteiger partial charge in [-0.1, -0.05) is 17.7 Å². The van der Waals surface area contributed by atoms with E-state index in [1.807, 2.05) is 6.92 Å². The Hall–Kier alpha value is -1.98. The molecule has 0 aliphatic carbocycles. The molecule has 3 rings (SSSR count). The average molecular weight is 473 g/mol. The molecular weight excluding hydrogens is 444 g/mol. The normalized spacial score (nSPS) is 23.5. The predicted octanol–water partition coefficient (Wildman–Crippen LogP) is 0.727. The highest BCUT2D eigenvalue weighted by atomic mass is 32.2. The third-order valence-corrected chi connectivity index (χ3v) is 9.42. The Morgan fingerprint density at radius 1 is 1.19 bits per heavy atom. The van der Waals surface area contributed by atoms with Crippen LogP contribution < -0.4 is 0 Å². The quantitative estimate of drug-likeness (QED) is 0.537. The number of likely N-dealkylation sites (N-methyl/N-ethyl adjacent to an activating group) is 1. The second kappa shape index (κ2) is 9.25. The number of nitrogens with zero attached hydrogens (tertiary/aromatic N) is 2. The number of hydrogen-bond acceptors (Lipinski definition) is 7. The monoisotopic (exact) mass is 472 g/mol. The first-order valence-corrected chi connectivity index (χ1v) is 13.6. The van der Waals surface area contributed by atoms with E-state index >= 15 is 0 Å². The molecule has 0 N–H and O–H groups in total. The molecule has 2 saturated heterocycles. The molecule has 2 heterocycles. The average Bonchev–Trinajstić information content (AvgIpc) is 3.34. The Morgan fingerprint density at radius 2 is 1.87 bits per heavy atom. The van der Waals surface area contributed by atoms with Crippen LogP contribution in [-0.4, -0.2) is 81.2 Å². The number of esters is 1. The fourth-order valence-electron chi connectivity index (χ4n) is 4.08.